The molecular formula is C84H160O17P2. The highest BCUT2D eigenvalue weighted by atomic mass is 31.2. The van der Waals surface area contributed by atoms with Crippen molar-refractivity contribution in [1.82, 2.24) is 0 Å². The summed E-state index contributed by atoms with van der Waals surface area (Å²) in [5.74, 6) is -0.559. The first kappa shape index (κ1) is 101. The lowest BCUT2D eigenvalue weighted by Crippen LogP contribution is -2.30. The van der Waals surface area contributed by atoms with Gasteiger partial charge in [-0.1, -0.05) is 368 Å². The van der Waals surface area contributed by atoms with Crippen LogP contribution >= 0.6 is 15.6 Å². The fourth-order valence-corrected chi connectivity index (χ4v) is 14.1. The molecule has 0 radical (unpaired) electrons. The number of carbonyl (C=O) groups excluding carboxylic acids is 4. The average Bonchev–Trinajstić information content (AvgIpc) is 0.906. The van der Waals surface area contributed by atoms with Crippen LogP contribution < -0.4 is 0 Å². The molecule has 0 heterocycles. The monoisotopic (exact) mass is 1500 g/mol. The second kappa shape index (κ2) is 75.0. The van der Waals surface area contributed by atoms with Gasteiger partial charge in [-0.15, -0.1) is 0 Å². The summed E-state index contributed by atoms with van der Waals surface area (Å²) < 4.78 is 68.8. The predicted octanol–water partition coefficient (Wildman–Crippen LogP) is 25.0. The van der Waals surface area contributed by atoms with Crippen molar-refractivity contribution in [2.45, 2.75) is 439 Å². The standard InChI is InChI=1S/C84H160O17P2/c1-7-10-12-14-16-18-20-22-24-25-26-30-33-37-41-48-54-60-66-81(86)94-72-79(100-83(88)69-63-57-51-43-39-35-31-27-29-32-36-40-46-52-58-64-76(4)5)74-98-102(90,91)96-70-78(85)71-97-103(92,93)99-75-80(73-95-82(87)67-61-55-49-45-44-47-53-59-65-77(6)9-3)101-84(89)68-62-56-50-42-38-34-28-23-21-19-17-15-13-11-8-2/h19,21,23,28,76-80,85H,7-18,20,22,24-27,29-75H2,1-6H3,(H,90,91)(H,92,93)/b21-19-,28-23-/t77?,78-,79-,80-/m1/s1. The first-order valence-electron chi connectivity index (χ1n) is 42.8. The van der Waals surface area contributed by atoms with Crippen LogP contribution in [0.2, 0.25) is 0 Å². The molecule has 0 aromatic heterocycles. The quantitative estimate of drug-likeness (QED) is 0.0169. The molecule has 0 aromatic rings. The lowest BCUT2D eigenvalue weighted by Gasteiger charge is -2.21. The van der Waals surface area contributed by atoms with E-state index in [9.17, 15) is 43.2 Å². The number of phosphoric ester groups is 2. The molecule has 0 spiro atoms. The highest BCUT2D eigenvalue weighted by molar-refractivity contribution is 7.47. The Labute approximate surface area is 631 Å². The summed E-state index contributed by atoms with van der Waals surface area (Å²) in [5.41, 5.74) is 0. The molecule has 0 bridgehead atoms. The van der Waals surface area contributed by atoms with Crippen molar-refractivity contribution in [3.05, 3.63) is 24.3 Å². The van der Waals surface area contributed by atoms with Crippen molar-refractivity contribution in [3.63, 3.8) is 0 Å². The molecule has 0 aromatic carbocycles. The number of carbonyl (C=O) groups is 4. The number of phosphoric acid groups is 2. The summed E-state index contributed by atoms with van der Waals surface area (Å²) in [6.45, 7) is 9.62. The third kappa shape index (κ3) is 76.1. The number of rotatable bonds is 81. The maximum Gasteiger partial charge on any atom is 0.472 e. The Morgan fingerprint density at radius 3 is 0.874 bits per heavy atom. The highest BCUT2D eigenvalue weighted by Crippen LogP contribution is 2.45. The Balaban J connectivity index is 5.29. The topological polar surface area (TPSA) is 237 Å². The van der Waals surface area contributed by atoms with Crippen molar-refractivity contribution in [3.8, 4) is 0 Å². The van der Waals surface area contributed by atoms with Crippen molar-refractivity contribution in [1.29, 1.82) is 0 Å². The molecule has 0 fully saturated rings. The van der Waals surface area contributed by atoms with E-state index in [1.165, 1.54) is 225 Å². The maximum atomic E-state index is 13.1. The van der Waals surface area contributed by atoms with Crippen molar-refractivity contribution < 1.29 is 80.2 Å². The molecule has 3 unspecified atom stereocenters. The number of ether oxygens (including phenoxy) is 4. The molecular weight excluding hydrogens is 1340 g/mol. The molecule has 0 aliphatic carbocycles. The molecule has 608 valence electrons. The molecule has 0 rings (SSSR count). The maximum absolute atomic E-state index is 13.1. The first-order chi connectivity index (χ1) is 49.9. The second-order valence-electron chi connectivity index (χ2n) is 30.3. The molecule has 103 heavy (non-hydrogen) atoms. The number of hydrogen-bond donors (Lipinski definition) is 3. The molecule has 3 N–H and O–H groups in total. The van der Waals surface area contributed by atoms with E-state index in [0.717, 1.165) is 115 Å². The minimum Gasteiger partial charge on any atom is -0.462 e. The molecule has 0 saturated carbocycles. The van der Waals surface area contributed by atoms with Crippen LogP contribution in [0.25, 0.3) is 0 Å². The fraction of sp³-hybridized carbons (Fsp3) is 0.905. The van der Waals surface area contributed by atoms with Crippen molar-refractivity contribution in [2.24, 2.45) is 11.8 Å². The Morgan fingerprint density at radius 2 is 0.573 bits per heavy atom. The van der Waals surface area contributed by atoms with Gasteiger partial charge in [-0.05, 0) is 63.2 Å². The highest BCUT2D eigenvalue weighted by Gasteiger charge is 2.30. The number of esters is 4. The van der Waals surface area contributed by atoms with Gasteiger partial charge in [0.25, 0.3) is 0 Å². The SMILES string of the molecule is CCCCCC/C=C\C=C/CCCCCCCC(=O)O[C@H](COC(=O)CCCCCCCCCCC(C)CC)COP(=O)(O)OC[C@H](O)COP(=O)(O)OC[C@@H](COC(=O)CCCCCCCCCCCCCCCCCCCC)OC(=O)CCCCCCCCCCCCCCCCCC(C)C. The molecule has 0 amide bonds. The van der Waals surface area contributed by atoms with E-state index in [4.69, 9.17) is 37.0 Å². The molecule has 0 aliphatic rings. The van der Waals surface area contributed by atoms with Gasteiger partial charge in [-0.3, -0.25) is 37.3 Å². The minimum atomic E-state index is -4.97. The van der Waals surface area contributed by atoms with E-state index in [0.29, 0.717) is 25.7 Å². The zero-order valence-corrected chi connectivity index (χ0v) is 68.9. The molecule has 17 nitrogen and oxygen atoms in total. The van der Waals surface area contributed by atoms with Gasteiger partial charge in [0.2, 0.25) is 0 Å². The van der Waals surface area contributed by atoms with E-state index in [-0.39, 0.29) is 25.7 Å². The van der Waals surface area contributed by atoms with Gasteiger partial charge in [0, 0.05) is 25.7 Å². The zero-order valence-electron chi connectivity index (χ0n) is 67.1. The van der Waals surface area contributed by atoms with E-state index in [1.807, 2.05) is 0 Å². The van der Waals surface area contributed by atoms with Crippen molar-refractivity contribution >= 4 is 39.5 Å². The van der Waals surface area contributed by atoms with Gasteiger partial charge in [0.1, 0.15) is 19.3 Å². The van der Waals surface area contributed by atoms with E-state index in [1.54, 1.807) is 0 Å². The molecule has 19 heteroatoms. The Hall–Kier alpha value is -2.46. The predicted molar refractivity (Wildman–Crippen MR) is 423 cm³/mol. The minimum absolute atomic E-state index is 0.0848. The summed E-state index contributed by atoms with van der Waals surface area (Å²) in [7, 11) is -9.94. The third-order valence-electron chi connectivity index (χ3n) is 19.4. The summed E-state index contributed by atoms with van der Waals surface area (Å²) in [6.07, 6.45) is 68.7. The number of unbranched alkanes of at least 4 members (excludes halogenated alkanes) is 47. The average molecular weight is 1500 g/mol. The second-order valence-corrected chi connectivity index (χ2v) is 33.2. The number of hydrogen-bond acceptors (Lipinski definition) is 15. The molecule has 6 atom stereocenters. The lowest BCUT2D eigenvalue weighted by molar-refractivity contribution is -0.161. The summed E-state index contributed by atoms with van der Waals surface area (Å²) in [6, 6.07) is 0. The van der Waals surface area contributed by atoms with Crippen LogP contribution in [0.5, 0.6) is 0 Å². The van der Waals surface area contributed by atoms with E-state index >= 15 is 0 Å². The summed E-state index contributed by atoms with van der Waals surface area (Å²) >= 11 is 0. The van der Waals surface area contributed by atoms with E-state index < -0.39 is 97.5 Å². The van der Waals surface area contributed by atoms with Crippen LogP contribution in [0.15, 0.2) is 24.3 Å². The van der Waals surface area contributed by atoms with Gasteiger partial charge in [0.15, 0.2) is 12.2 Å². The Kier molecular flexibility index (Phi) is 73.2. The zero-order chi connectivity index (χ0) is 75.6. The van der Waals surface area contributed by atoms with Crippen LogP contribution in [0.3, 0.4) is 0 Å². The van der Waals surface area contributed by atoms with Crippen LogP contribution in [0.1, 0.15) is 420 Å². The smallest absolute Gasteiger partial charge is 0.462 e. The van der Waals surface area contributed by atoms with Crippen LogP contribution in [-0.2, 0) is 65.4 Å². The first-order valence-corrected chi connectivity index (χ1v) is 45.8. The third-order valence-corrected chi connectivity index (χ3v) is 21.3. The lowest BCUT2D eigenvalue weighted by atomic mass is 9.99. The van der Waals surface area contributed by atoms with Gasteiger partial charge < -0.3 is 33.8 Å². The van der Waals surface area contributed by atoms with Crippen LogP contribution in [-0.4, -0.2) is 96.7 Å². The Morgan fingerprint density at radius 1 is 0.320 bits per heavy atom. The summed E-state index contributed by atoms with van der Waals surface area (Å²) in [5, 5.41) is 10.7. The summed E-state index contributed by atoms with van der Waals surface area (Å²) in [4.78, 5) is 73.2. The van der Waals surface area contributed by atoms with Crippen LogP contribution in [0, 0.1) is 11.8 Å². The van der Waals surface area contributed by atoms with Gasteiger partial charge in [-0.25, -0.2) is 9.13 Å². The normalized spacial score (nSPS) is 14.3. The van der Waals surface area contributed by atoms with E-state index in [2.05, 4.69) is 65.8 Å². The molecule has 0 saturated heterocycles. The number of aliphatic hydroxyl groups is 1. The Bertz CT molecular complexity index is 2070. The molecule has 0 aliphatic heterocycles. The fourth-order valence-electron chi connectivity index (χ4n) is 12.5. The van der Waals surface area contributed by atoms with Gasteiger partial charge in [-0.2, -0.15) is 0 Å². The number of aliphatic hydroxyl groups excluding tert-OH is 1. The van der Waals surface area contributed by atoms with Crippen LogP contribution in [0.4, 0.5) is 0 Å². The van der Waals surface area contributed by atoms with Crippen molar-refractivity contribution in [2.75, 3.05) is 39.6 Å². The largest absolute Gasteiger partial charge is 0.472 e. The van der Waals surface area contributed by atoms with Gasteiger partial charge >= 0.3 is 39.5 Å². The van der Waals surface area contributed by atoms with Gasteiger partial charge in [0.05, 0.1) is 26.4 Å². The number of allylic oxidation sites excluding steroid dienone is 4.